The maximum atomic E-state index is 7.86. The first-order chi connectivity index (χ1) is 32.3. The van der Waals surface area contributed by atoms with Gasteiger partial charge in [0.2, 0.25) is 0 Å². The SMILES string of the molecule is c1c(OC(C2CO2)C23CC4CC(CC(C4)C2)C3)c(OC(C2CO2)C23CC4CC(CC(C4)C2)C3)cc(OC(C2CO2)C23CC4CC(CC(C4)C2)C3)c1OC(C1CO1)C12CC3CC(CC(C3)C1)C2. The molecule has 21 rings (SSSR count). The second-order valence-corrected chi connectivity index (χ2v) is 28.5. The fraction of sp³-hybridized carbons (Fsp3) is 0.897. The van der Waals surface area contributed by atoms with Gasteiger partial charge in [-0.05, 0) is 225 Å². The topological polar surface area (TPSA) is 87.0 Å². The predicted molar refractivity (Wildman–Crippen MR) is 245 cm³/mol. The van der Waals surface area contributed by atoms with Crippen LogP contribution in [0.4, 0.5) is 0 Å². The molecular formula is C58H78O8. The van der Waals surface area contributed by atoms with E-state index in [-0.39, 0.29) is 70.5 Å². The van der Waals surface area contributed by atoms with Crippen molar-refractivity contribution in [3.8, 4) is 23.0 Å². The van der Waals surface area contributed by atoms with E-state index in [1.165, 1.54) is 154 Å². The average molecular weight is 903 g/mol. The number of epoxide rings is 4. The van der Waals surface area contributed by atoms with Crippen LogP contribution >= 0.6 is 0 Å². The lowest BCUT2D eigenvalue weighted by Crippen LogP contribution is -2.56. The summed E-state index contributed by atoms with van der Waals surface area (Å²) in [5.41, 5.74) is 0.662. The van der Waals surface area contributed by atoms with Gasteiger partial charge >= 0.3 is 0 Å². The summed E-state index contributed by atoms with van der Waals surface area (Å²) in [5, 5.41) is 0. The molecule has 16 saturated carbocycles. The van der Waals surface area contributed by atoms with Gasteiger partial charge in [-0.25, -0.2) is 0 Å². The predicted octanol–water partition coefficient (Wildman–Crippen LogP) is 11.1. The molecule has 8 atom stereocenters. The maximum absolute atomic E-state index is 7.86. The Morgan fingerprint density at radius 1 is 0.288 bits per heavy atom. The molecule has 8 unspecified atom stereocenters. The van der Waals surface area contributed by atoms with Crippen LogP contribution in [0, 0.1) is 92.7 Å². The highest BCUT2D eigenvalue weighted by Gasteiger charge is 2.64. The lowest BCUT2D eigenvalue weighted by atomic mass is 9.48. The molecular weight excluding hydrogens is 825 g/mol. The smallest absolute Gasteiger partial charge is 0.165 e. The zero-order chi connectivity index (χ0) is 42.7. The van der Waals surface area contributed by atoms with Gasteiger partial charge in [-0.2, -0.15) is 0 Å². The Morgan fingerprint density at radius 3 is 0.576 bits per heavy atom. The van der Waals surface area contributed by atoms with Crippen LogP contribution in [-0.4, -0.2) is 75.3 Å². The van der Waals surface area contributed by atoms with Gasteiger partial charge in [-0.15, -0.1) is 0 Å². The first-order valence-corrected chi connectivity index (χ1v) is 28.6. The highest BCUT2D eigenvalue weighted by atomic mass is 16.6. The molecule has 8 heteroatoms. The van der Waals surface area contributed by atoms with Crippen molar-refractivity contribution >= 4 is 0 Å². The molecule has 20 fully saturated rings. The van der Waals surface area contributed by atoms with Crippen molar-refractivity contribution in [3.63, 3.8) is 0 Å². The van der Waals surface area contributed by atoms with Gasteiger partial charge in [0.25, 0.3) is 0 Å². The molecule has 20 aliphatic rings. The molecule has 1 aromatic carbocycles. The van der Waals surface area contributed by atoms with E-state index in [9.17, 15) is 0 Å². The van der Waals surface area contributed by atoms with Crippen molar-refractivity contribution in [2.24, 2.45) is 92.7 Å². The Hall–Kier alpha value is -1.74. The van der Waals surface area contributed by atoms with Crippen LogP contribution in [0.15, 0.2) is 12.1 Å². The summed E-state index contributed by atoms with van der Waals surface area (Å²) < 4.78 is 57.0. The molecule has 0 N–H and O–H groups in total. The summed E-state index contributed by atoms with van der Waals surface area (Å²) in [6, 6.07) is 4.65. The van der Waals surface area contributed by atoms with E-state index in [1.807, 2.05) is 0 Å². The van der Waals surface area contributed by atoms with Gasteiger partial charge in [0.15, 0.2) is 23.0 Å². The molecule has 0 radical (unpaired) electrons. The largest absolute Gasteiger partial charge is 0.483 e. The summed E-state index contributed by atoms with van der Waals surface area (Å²) >= 11 is 0. The number of ether oxygens (including phenoxy) is 8. The summed E-state index contributed by atoms with van der Waals surface area (Å²) in [5.74, 6) is 13.5. The lowest BCUT2D eigenvalue weighted by molar-refractivity contribution is -0.126. The van der Waals surface area contributed by atoms with Crippen molar-refractivity contribution in [2.45, 2.75) is 203 Å². The number of hydrogen-bond donors (Lipinski definition) is 0. The first-order valence-electron chi connectivity index (χ1n) is 28.6. The Bertz CT molecular complexity index is 1680. The second kappa shape index (κ2) is 14.0. The van der Waals surface area contributed by atoms with Gasteiger partial charge in [0.1, 0.15) is 48.8 Å². The van der Waals surface area contributed by atoms with Crippen molar-refractivity contribution in [2.75, 3.05) is 26.4 Å². The van der Waals surface area contributed by atoms with E-state index in [0.29, 0.717) is 0 Å². The number of rotatable bonds is 16. The zero-order valence-corrected chi connectivity index (χ0v) is 39.8. The fourth-order valence-corrected chi connectivity index (χ4v) is 22.8. The third kappa shape index (κ3) is 6.45. The van der Waals surface area contributed by atoms with Crippen LogP contribution in [0.25, 0.3) is 0 Å². The summed E-state index contributed by atoms with van der Waals surface area (Å²) in [6.07, 6.45) is 33.2. The second-order valence-electron chi connectivity index (χ2n) is 28.5. The normalized spacial score (nSPS) is 54.5. The summed E-state index contributed by atoms with van der Waals surface area (Å²) in [6.45, 7) is 3.22. The van der Waals surface area contributed by atoms with E-state index in [4.69, 9.17) is 37.9 Å². The standard InChI is InChI=1S/C58H78O8/c1-31-2-33-3-32(1)16-55(15-31,17-33)51(47-27-59-47)63-43-13-45(65-53(49-29-61-49)57-21-37-7-38(22-57)9-39(8-37)23-57)46(66-54(50-30-62-50)58-24-40-10-41(25-58)12-42(11-40)26-58)14-44(43)64-52(48-28-60-48)56-18-34-4-35(19-56)6-36(5-34)20-56/h13-14,31-42,47-54H,1-12,15-30H2. The summed E-state index contributed by atoms with van der Waals surface area (Å²) in [4.78, 5) is 0. The lowest BCUT2D eigenvalue weighted by Gasteiger charge is -2.59. The van der Waals surface area contributed by atoms with E-state index >= 15 is 0 Å². The van der Waals surface area contributed by atoms with E-state index in [2.05, 4.69) is 12.1 Å². The molecule has 0 amide bonds. The molecule has 66 heavy (non-hydrogen) atoms. The molecule has 4 saturated heterocycles. The Kier molecular flexibility index (Phi) is 8.48. The van der Waals surface area contributed by atoms with Crippen molar-refractivity contribution in [3.05, 3.63) is 12.1 Å². The van der Waals surface area contributed by atoms with Crippen LogP contribution < -0.4 is 18.9 Å². The number of hydrogen-bond acceptors (Lipinski definition) is 8. The van der Waals surface area contributed by atoms with Crippen molar-refractivity contribution in [1.82, 2.24) is 0 Å². The highest BCUT2D eigenvalue weighted by Crippen LogP contribution is 2.68. The van der Waals surface area contributed by atoms with Gasteiger partial charge in [-0.1, -0.05) is 0 Å². The zero-order valence-electron chi connectivity index (χ0n) is 39.8. The maximum Gasteiger partial charge on any atom is 0.165 e. The molecule has 4 aliphatic heterocycles. The molecule has 16 aliphatic carbocycles. The molecule has 4 heterocycles. The molecule has 0 aromatic heterocycles. The van der Waals surface area contributed by atoms with Crippen LogP contribution in [0.5, 0.6) is 23.0 Å². The first kappa shape index (κ1) is 39.9. The van der Waals surface area contributed by atoms with E-state index in [1.54, 1.807) is 0 Å². The molecule has 8 nitrogen and oxygen atoms in total. The molecule has 1 aromatic rings. The minimum Gasteiger partial charge on any atom is -0.483 e. The highest BCUT2D eigenvalue weighted by molar-refractivity contribution is 5.55. The quantitative estimate of drug-likeness (QED) is 0.152. The van der Waals surface area contributed by atoms with Crippen LogP contribution in [0.2, 0.25) is 0 Å². The van der Waals surface area contributed by atoms with E-state index in [0.717, 1.165) is 120 Å². The van der Waals surface area contributed by atoms with Gasteiger partial charge in [-0.3, -0.25) is 0 Å². The van der Waals surface area contributed by atoms with Crippen LogP contribution in [-0.2, 0) is 18.9 Å². The third-order valence-electron chi connectivity index (χ3n) is 23.6. The Balaban J connectivity index is 0.806. The van der Waals surface area contributed by atoms with Crippen LogP contribution in [0.3, 0.4) is 0 Å². The fourth-order valence-electron chi connectivity index (χ4n) is 22.8. The molecule has 16 bridgehead atoms. The van der Waals surface area contributed by atoms with Gasteiger partial charge < -0.3 is 37.9 Å². The monoisotopic (exact) mass is 903 g/mol. The minimum absolute atomic E-state index is 0.0217. The van der Waals surface area contributed by atoms with Crippen molar-refractivity contribution < 1.29 is 37.9 Å². The van der Waals surface area contributed by atoms with Crippen molar-refractivity contribution in [1.29, 1.82) is 0 Å². The van der Waals surface area contributed by atoms with Crippen LogP contribution in [0.1, 0.15) is 154 Å². The molecule has 358 valence electrons. The third-order valence-corrected chi connectivity index (χ3v) is 23.6. The van der Waals surface area contributed by atoms with Gasteiger partial charge in [0, 0.05) is 33.8 Å². The summed E-state index contributed by atoms with van der Waals surface area (Å²) in [7, 11) is 0. The Labute approximate surface area is 393 Å². The van der Waals surface area contributed by atoms with Gasteiger partial charge in [0.05, 0.1) is 26.4 Å². The minimum atomic E-state index is 0.0217. The average Bonchev–Trinajstić information content (AvgIpc) is 4.06. The molecule has 0 spiro atoms. The Morgan fingerprint density at radius 2 is 0.439 bits per heavy atom. The number of benzene rings is 1. The van der Waals surface area contributed by atoms with E-state index < -0.39 is 0 Å².